The standard InChI is InChI=1S/C20H10F10N2O2/c21-11-2-8(4-13(31)17(11)23)33-7-1-10(19(25,26)27)16(20(28,29)30)15(6-7)34-9-3-12(22)18(24)14(32)5-9/h1-6H,31-32H2. The molecule has 0 aliphatic rings. The Balaban J connectivity index is 2.21. The first-order valence-electron chi connectivity index (χ1n) is 8.75. The molecule has 3 aromatic rings. The third-order valence-corrected chi connectivity index (χ3v) is 4.19. The monoisotopic (exact) mass is 500 g/mol. The fourth-order valence-electron chi connectivity index (χ4n) is 2.80. The fourth-order valence-corrected chi connectivity index (χ4v) is 2.80. The number of nitrogen functional groups attached to an aromatic ring is 2. The summed E-state index contributed by atoms with van der Waals surface area (Å²) in [4.78, 5) is 0. The van der Waals surface area contributed by atoms with Gasteiger partial charge in [-0.1, -0.05) is 0 Å². The molecule has 3 rings (SSSR count). The van der Waals surface area contributed by atoms with E-state index in [1.54, 1.807) is 0 Å². The van der Waals surface area contributed by atoms with E-state index in [-0.39, 0.29) is 12.1 Å². The van der Waals surface area contributed by atoms with Crippen LogP contribution in [0.5, 0.6) is 23.0 Å². The molecule has 4 N–H and O–H groups in total. The summed E-state index contributed by atoms with van der Waals surface area (Å²) in [7, 11) is 0. The molecule has 0 bridgehead atoms. The molecule has 0 aliphatic carbocycles. The second-order valence-electron chi connectivity index (χ2n) is 6.66. The SMILES string of the molecule is Nc1cc(Oc2cc(Oc3cc(N)c(F)c(F)c3)c(C(F)(F)F)c(C(F)(F)F)c2)cc(F)c1F. The largest absolute Gasteiger partial charge is 0.457 e. The van der Waals surface area contributed by atoms with E-state index in [4.69, 9.17) is 20.9 Å². The maximum absolute atomic E-state index is 13.6. The van der Waals surface area contributed by atoms with Gasteiger partial charge in [0.25, 0.3) is 0 Å². The van der Waals surface area contributed by atoms with Gasteiger partial charge >= 0.3 is 12.4 Å². The molecule has 0 aromatic heterocycles. The highest BCUT2D eigenvalue weighted by Crippen LogP contribution is 2.48. The Morgan fingerprint density at radius 1 is 0.559 bits per heavy atom. The zero-order valence-electron chi connectivity index (χ0n) is 16.2. The van der Waals surface area contributed by atoms with Crippen molar-refractivity contribution in [3.8, 4) is 23.0 Å². The molecule has 3 aromatic carbocycles. The Morgan fingerprint density at radius 3 is 1.41 bits per heavy atom. The first kappa shape index (κ1) is 24.8. The van der Waals surface area contributed by atoms with Crippen LogP contribution in [-0.4, -0.2) is 0 Å². The molecular formula is C20H10F10N2O2. The molecular weight excluding hydrogens is 490 g/mol. The second-order valence-corrected chi connectivity index (χ2v) is 6.66. The maximum Gasteiger partial charge on any atom is 0.420 e. The van der Waals surface area contributed by atoms with E-state index >= 15 is 0 Å². The highest BCUT2D eigenvalue weighted by molar-refractivity contribution is 5.54. The molecule has 0 fully saturated rings. The van der Waals surface area contributed by atoms with Crippen LogP contribution in [0.25, 0.3) is 0 Å². The average Bonchev–Trinajstić information content (AvgIpc) is 2.68. The Bertz CT molecular complexity index is 1210. The van der Waals surface area contributed by atoms with E-state index in [9.17, 15) is 43.9 Å². The van der Waals surface area contributed by atoms with Crippen molar-refractivity contribution in [3.05, 3.63) is 70.8 Å². The van der Waals surface area contributed by atoms with Crippen molar-refractivity contribution < 1.29 is 53.4 Å². The number of hydrogen-bond acceptors (Lipinski definition) is 4. The summed E-state index contributed by atoms with van der Waals surface area (Å²) in [5.74, 6) is -10.3. The van der Waals surface area contributed by atoms with Crippen molar-refractivity contribution in [1.29, 1.82) is 0 Å². The molecule has 4 nitrogen and oxygen atoms in total. The van der Waals surface area contributed by atoms with Crippen molar-refractivity contribution in [2.24, 2.45) is 0 Å². The van der Waals surface area contributed by atoms with Crippen LogP contribution in [0.2, 0.25) is 0 Å². The first-order valence-corrected chi connectivity index (χ1v) is 8.75. The Hall–Kier alpha value is -3.84. The topological polar surface area (TPSA) is 70.5 Å². The van der Waals surface area contributed by atoms with Crippen molar-refractivity contribution in [2.45, 2.75) is 12.4 Å². The van der Waals surface area contributed by atoms with Gasteiger partial charge in [-0.05, 0) is 6.07 Å². The van der Waals surface area contributed by atoms with Gasteiger partial charge in [-0.3, -0.25) is 0 Å². The van der Waals surface area contributed by atoms with E-state index in [1.165, 1.54) is 0 Å². The predicted molar refractivity (Wildman–Crippen MR) is 98.1 cm³/mol. The van der Waals surface area contributed by atoms with E-state index in [1.807, 2.05) is 0 Å². The molecule has 14 heteroatoms. The van der Waals surface area contributed by atoms with Gasteiger partial charge < -0.3 is 20.9 Å². The van der Waals surface area contributed by atoms with Gasteiger partial charge in [-0.15, -0.1) is 0 Å². The summed E-state index contributed by atoms with van der Waals surface area (Å²) in [5, 5.41) is 0. The number of halogens is 10. The minimum absolute atomic E-state index is 0.0628. The smallest absolute Gasteiger partial charge is 0.420 e. The average molecular weight is 500 g/mol. The molecule has 0 spiro atoms. The van der Waals surface area contributed by atoms with Crippen LogP contribution in [0.4, 0.5) is 55.3 Å². The van der Waals surface area contributed by atoms with Gasteiger partial charge in [0, 0.05) is 30.3 Å². The number of anilines is 2. The summed E-state index contributed by atoms with van der Waals surface area (Å²) in [6.07, 6.45) is -11.3. The second kappa shape index (κ2) is 8.50. The lowest BCUT2D eigenvalue weighted by Crippen LogP contribution is -2.18. The van der Waals surface area contributed by atoms with Crippen LogP contribution in [0.1, 0.15) is 11.1 Å². The van der Waals surface area contributed by atoms with Gasteiger partial charge in [0.15, 0.2) is 23.3 Å². The third kappa shape index (κ3) is 5.05. The van der Waals surface area contributed by atoms with E-state index < -0.39 is 81.1 Å². The van der Waals surface area contributed by atoms with Gasteiger partial charge in [-0.2, -0.15) is 26.3 Å². The van der Waals surface area contributed by atoms with Gasteiger partial charge in [-0.25, -0.2) is 17.6 Å². The number of hydrogen-bond donors (Lipinski definition) is 2. The molecule has 0 radical (unpaired) electrons. The van der Waals surface area contributed by atoms with Crippen molar-refractivity contribution in [2.75, 3.05) is 11.5 Å². The molecule has 182 valence electrons. The van der Waals surface area contributed by atoms with Crippen molar-refractivity contribution in [1.82, 2.24) is 0 Å². The maximum atomic E-state index is 13.6. The quantitative estimate of drug-likeness (QED) is 0.298. The lowest BCUT2D eigenvalue weighted by atomic mass is 10.0. The summed E-state index contributed by atoms with van der Waals surface area (Å²) >= 11 is 0. The molecule has 0 atom stereocenters. The summed E-state index contributed by atoms with van der Waals surface area (Å²) < 4.78 is 145. The molecule has 0 saturated heterocycles. The number of nitrogens with two attached hydrogens (primary N) is 2. The van der Waals surface area contributed by atoms with Gasteiger partial charge in [0.05, 0.1) is 16.9 Å². The molecule has 0 amide bonds. The number of rotatable bonds is 4. The van der Waals surface area contributed by atoms with E-state index in [0.29, 0.717) is 24.3 Å². The molecule has 34 heavy (non-hydrogen) atoms. The molecule has 0 unspecified atom stereocenters. The fraction of sp³-hybridized carbons (Fsp3) is 0.100. The van der Waals surface area contributed by atoms with Crippen LogP contribution in [-0.2, 0) is 12.4 Å². The van der Waals surface area contributed by atoms with Crippen LogP contribution < -0.4 is 20.9 Å². The van der Waals surface area contributed by atoms with Gasteiger partial charge in [0.2, 0.25) is 0 Å². The molecule has 0 saturated carbocycles. The minimum Gasteiger partial charge on any atom is -0.457 e. The van der Waals surface area contributed by atoms with Crippen LogP contribution in [0, 0.1) is 23.3 Å². The molecule has 0 aliphatic heterocycles. The highest BCUT2D eigenvalue weighted by Gasteiger charge is 2.46. The zero-order chi connectivity index (χ0) is 25.6. The Labute approximate surface area is 183 Å². The van der Waals surface area contributed by atoms with Crippen molar-refractivity contribution >= 4 is 11.4 Å². The van der Waals surface area contributed by atoms with E-state index in [0.717, 1.165) is 0 Å². The molecule has 0 heterocycles. The summed E-state index contributed by atoms with van der Waals surface area (Å²) in [6, 6.07) is 2.10. The lowest BCUT2D eigenvalue weighted by Gasteiger charge is -2.21. The van der Waals surface area contributed by atoms with Crippen LogP contribution in [0.15, 0.2) is 36.4 Å². The van der Waals surface area contributed by atoms with Gasteiger partial charge in [0.1, 0.15) is 28.6 Å². The lowest BCUT2D eigenvalue weighted by molar-refractivity contribution is -0.162. The number of benzene rings is 3. The van der Waals surface area contributed by atoms with Crippen LogP contribution in [0.3, 0.4) is 0 Å². The van der Waals surface area contributed by atoms with Crippen molar-refractivity contribution in [3.63, 3.8) is 0 Å². The minimum atomic E-state index is -5.64. The Kier molecular flexibility index (Phi) is 6.20. The normalized spacial score (nSPS) is 12.1. The first-order chi connectivity index (χ1) is 15.6. The zero-order valence-corrected chi connectivity index (χ0v) is 16.2. The van der Waals surface area contributed by atoms with Crippen LogP contribution >= 0.6 is 0 Å². The number of alkyl halides is 6. The predicted octanol–water partition coefficient (Wildman–Crippen LogP) is 7.03. The van der Waals surface area contributed by atoms with E-state index in [2.05, 4.69) is 0 Å². The summed E-state index contributed by atoms with van der Waals surface area (Å²) in [5.41, 5.74) is 4.08. The Morgan fingerprint density at radius 2 is 1.00 bits per heavy atom. The highest BCUT2D eigenvalue weighted by atomic mass is 19.4. The third-order valence-electron chi connectivity index (χ3n) is 4.19. The number of ether oxygens (including phenoxy) is 2. The summed E-state index contributed by atoms with van der Waals surface area (Å²) in [6.45, 7) is 0.